The summed E-state index contributed by atoms with van der Waals surface area (Å²) in [7, 11) is 1.82. The fourth-order valence-electron chi connectivity index (χ4n) is 2.90. The molecule has 0 radical (unpaired) electrons. The van der Waals surface area contributed by atoms with Crippen molar-refractivity contribution in [2.75, 3.05) is 5.32 Å². The summed E-state index contributed by atoms with van der Waals surface area (Å²) in [6, 6.07) is 14.2. The number of nitrogens with one attached hydrogen (secondary N) is 1. The van der Waals surface area contributed by atoms with Crippen molar-refractivity contribution >= 4 is 11.6 Å². The van der Waals surface area contributed by atoms with Crippen molar-refractivity contribution in [1.29, 1.82) is 0 Å². The van der Waals surface area contributed by atoms with Gasteiger partial charge in [0.15, 0.2) is 0 Å². The number of benzene rings is 2. The molecule has 0 aliphatic rings. The second-order valence-electron chi connectivity index (χ2n) is 6.43. The van der Waals surface area contributed by atoms with Gasteiger partial charge >= 0.3 is 6.61 Å². The summed E-state index contributed by atoms with van der Waals surface area (Å²) in [5, 5.41) is 6.89. The van der Waals surface area contributed by atoms with Crippen molar-refractivity contribution < 1.29 is 18.3 Å². The maximum Gasteiger partial charge on any atom is 0.387 e. The fraction of sp³-hybridized carbons (Fsp3) is 0.238. The van der Waals surface area contributed by atoms with Crippen LogP contribution in [0, 0.1) is 0 Å². The Labute approximate surface area is 161 Å². The van der Waals surface area contributed by atoms with Gasteiger partial charge in [-0.2, -0.15) is 13.9 Å². The number of hydrogen-bond donors (Lipinski definition) is 1. The first kappa shape index (κ1) is 19.5. The number of halogens is 2. The number of ether oxygens (including phenoxy) is 1. The second-order valence-corrected chi connectivity index (χ2v) is 6.43. The Bertz CT molecular complexity index is 926. The topological polar surface area (TPSA) is 56.2 Å². The SMILES string of the molecule is Cn1cc(CCC(=O)Nc2ccc(OC(F)F)c(Cc3ccccc3)c2)cn1. The molecule has 0 bridgehead atoms. The van der Waals surface area contributed by atoms with E-state index in [-0.39, 0.29) is 11.7 Å². The Morgan fingerprint density at radius 3 is 2.64 bits per heavy atom. The zero-order valence-electron chi connectivity index (χ0n) is 15.4. The number of nitrogens with zero attached hydrogens (tertiary/aromatic N) is 2. The van der Waals surface area contributed by atoms with Gasteiger partial charge in [-0.05, 0) is 35.7 Å². The van der Waals surface area contributed by atoms with E-state index in [2.05, 4.69) is 15.2 Å². The third-order valence-electron chi connectivity index (χ3n) is 4.20. The molecule has 5 nitrogen and oxygen atoms in total. The normalized spacial score (nSPS) is 10.9. The summed E-state index contributed by atoms with van der Waals surface area (Å²) in [4.78, 5) is 12.2. The summed E-state index contributed by atoms with van der Waals surface area (Å²) in [6.07, 6.45) is 4.88. The summed E-state index contributed by atoms with van der Waals surface area (Å²) in [5.41, 5.74) is 3.06. The molecule has 7 heteroatoms. The molecule has 0 saturated heterocycles. The molecule has 1 amide bonds. The smallest absolute Gasteiger partial charge is 0.387 e. The number of carbonyl (C=O) groups excluding carboxylic acids is 1. The van der Waals surface area contributed by atoms with Gasteiger partial charge in [-0.1, -0.05) is 30.3 Å². The Morgan fingerprint density at radius 2 is 1.96 bits per heavy atom. The molecule has 2 aromatic carbocycles. The number of aromatic nitrogens is 2. The monoisotopic (exact) mass is 385 g/mol. The molecule has 28 heavy (non-hydrogen) atoms. The van der Waals surface area contributed by atoms with Gasteiger partial charge in [-0.15, -0.1) is 0 Å². The molecule has 3 aromatic rings. The van der Waals surface area contributed by atoms with Gasteiger partial charge in [0, 0.05) is 37.3 Å². The van der Waals surface area contributed by atoms with Crippen LogP contribution in [0.3, 0.4) is 0 Å². The van der Waals surface area contributed by atoms with Crippen LogP contribution in [0.15, 0.2) is 60.9 Å². The van der Waals surface area contributed by atoms with Gasteiger partial charge in [-0.3, -0.25) is 9.48 Å². The van der Waals surface area contributed by atoms with E-state index in [1.54, 1.807) is 23.0 Å². The first-order valence-electron chi connectivity index (χ1n) is 8.88. The van der Waals surface area contributed by atoms with Crippen molar-refractivity contribution in [3.63, 3.8) is 0 Å². The molecule has 0 aliphatic carbocycles. The van der Waals surface area contributed by atoms with Crippen molar-refractivity contribution in [3.05, 3.63) is 77.6 Å². The number of anilines is 1. The van der Waals surface area contributed by atoms with E-state index in [9.17, 15) is 13.6 Å². The predicted octanol–water partition coefficient (Wildman–Crippen LogP) is 4.18. The summed E-state index contributed by atoms with van der Waals surface area (Å²) in [5.74, 6) is -0.0516. The van der Waals surface area contributed by atoms with Crippen LogP contribution in [-0.2, 0) is 24.7 Å². The highest BCUT2D eigenvalue weighted by Crippen LogP contribution is 2.27. The Morgan fingerprint density at radius 1 is 1.18 bits per heavy atom. The third-order valence-corrected chi connectivity index (χ3v) is 4.20. The third kappa shape index (κ3) is 5.64. The highest BCUT2D eigenvalue weighted by atomic mass is 19.3. The summed E-state index contributed by atoms with van der Waals surface area (Å²) >= 11 is 0. The number of hydrogen-bond acceptors (Lipinski definition) is 3. The number of aryl methyl sites for hydroxylation is 2. The van der Waals surface area contributed by atoms with E-state index in [0.717, 1.165) is 11.1 Å². The molecule has 1 aromatic heterocycles. The van der Waals surface area contributed by atoms with Gasteiger partial charge < -0.3 is 10.1 Å². The number of amides is 1. The number of alkyl halides is 2. The fourth-order valence-corrected chi connectivity index (χ4v) is 2.90. The van der Waals surface area contributed by atoms with Crippen LogP contribution in [0.2, 0.25) is 0 Å². The molecule has 0 fully saturated rings. The lowest BCUT2D eigenvalue weighted by Gasteiger charge is -2.13. The van der Waals surface area contributed by atoms with Crippen LogP contribution in [0.5, 0.6) is 5.75 Å². The molecule has 0 saturated carbocycles. The standard InChI is InChI=1S/C21H21F2N3O2/c1-26-14-16(13-24-26)7-10-20(27)25-18-8-9-19(28-21(22)23)17(12-18)11-15-5-3-2-4-6-15/h2-6,8-9,12-14,21H,7,10-11H2,1H3,(H,25,27). The van der Waals surface area contributed by atoms with Crippen molar-refractivity contribution in [1.82, 2.24) is 9.78 Å². The molecule has 0 aliphatic heterocycles. The largest absolute Gasteiger partial charge is 0.435 e. The van der Waals surface area contributed by atoms with Crippen LogP contribution in [-0.4, -0.2) is 22.3 Å². The Balaban J connectivity index is 1.70. The molecule has 146 valence electrons. The summed E-state index contributed by atoms with van der Waals surface area (Å²) in [6.45, 7) is -2.91. The van der Waals surface area contributed by atoms with Gasteiger partial charge in [0.05, 0.1) is 6.20 Å². The van der Waals surface area contributed by atoms with Gasteiger partial charge in [0.25, 0.3) is 0 Å². The van der Waals surface area contributed by atoms with E-state index in [1.807, 2.05) is 43.6 Å². The van der Waals surface area contributed by atoms with Gasteiger partial charge in [-0.25, -0.2) is 0 Å². The van der Waals surface area contributed by atoms with E-state index >= 15 is 0 Å². The average molecular weight is 385 g/mol. The minimum absolute atomic E-state index is 0.104. The van der Waals surface area contributed by atoms with Crippen LogP contribution in [0.25, 0.3) is 0 Å². The van der Waals surface area contributed by atoms with Crippen molar-refractivity contribution in [2.24, 2.45) is 7.05 Å². The first-order valence-corrected chi connectivity index (χ1v) is 8.88. The van der Waals surface area contributed by atoms with Crippen molar-refractivity contribution in [3.8, 4) is 5.75 Å². The lowest BCUT2D eigenvalue weighted by Crippen LogP contribution is -2.13. The molecule has 0 atom stereocenters. The molecular formula is C21H21F2N3O2. The molecular weight excluding hydrogens is 364 g/mol. The van der Waals surface area contributed by atoms with Gasteiger partial charge in [0.2, 0.25) is 5.91 Å². The maximum atomic E-state index is 12.7. The van der Waals surface area contributed by atoms with E-state index < -0.39 is 6.61 Å². The molecule has 0 spiro atoms. The number of rotatable bonds is 8. The van der Waals surface area contributed by atoms with Crippen LogP contribution >= 0.6 is 0 Å². The summed E-state index contributed by atoms with van der Waals surface area (Å²) < 4.78 is 31.7. The average Bonchev–Trinajstić information content (AvgIpc) is 3.08. The molecule has 0 unspecified atom stereocenters. The van der Waals surface area contributed by atoms with Crippen molar-refractivity contribution in [2.45, 2.75) is 25.9 Å². The first-order chi connectivity index (χ1) is 13.5. The van der Waals surface area contributed by atoms with Crippen LogP contribution in [0.1, 0.15) is 23.1 Å². The minimum atomic E-state index is -2.91. The van der Waals surface area contributed by atoms with Gasteiger partial charge in [0.1, 0.15) is 5.75 Å². The zero-order chi connectivity index (χ0) is 19.9. The lowest BCUT2D eigenvalue weighted by atomic mass is 10.0. The zero-order valence-corrected chi connectivity index (χ0v) is 15.4. The van der Waals surface area contributed by atoms with Crippen LogP contribution in [0.4, 0.5) is 14.5 Å². The highest BCUT2D eigenvalue weighted by Gasteiger charge is 2.12. The predicted molar refractivity (Wildman–Crippen MR) is 102 cm³/mol. The lowest BCUT2D eigenvalue weighted by molar-refractivity contribution is -0.116. The van der Waals surface area contributed by atoms with E-state index in [4.69, 9.17) is 0 Å². The molecule has 1 N–H and O–H groups in total. The Hall–Kier alpha value is -3.22. The number of carbonyl (C=O) groups is 1. The van der Waals surface area contributed by atoms with Crippen LogP contribution < -0.4 is 10.1 Å². The quantitative estimate of drug-likeness (QED) is 0.633. The minimum Gasteiger partial charge on any atom is -0.435 e. The highest BCUT2D eigenvalue weighted by molar-refractivity contribution is 5.91. The Kier molecular flexibility index (Phi) is 6.37. The second kappa shape index (κ2) is 9.12. The molecule has 1 heterocycles. The maximum absolute atomic E-state index is 12.7. The van der Waals surface area contributed by atoms with E-state index in [1.165, 1.54) is 6.07 Å². The van der Waals surface area contributed by atoms with E-state index in [0.29, 0.717) is 30.5 Å². The molecule has 3 rings (SSSR count).